The Morgan fingerprint density at radius 1 is 0.374 bits per heavy atom. The molecule has 107 heavy (non-hydrogen) atoms. The lowest BCUT2D eigenvalue weighted by atomic mass is 10.1. The van der Waals surface area contributed by atoms with Crippen LogP contribution in [0.1, 0.15) is 108 Å². The number of nitrogens with one attached hydrogen (secondary N) is 6. The van der Waals surface area contributed by atoms with Crippen molar-refractivity contribution in [2.75, 3.05) is 255 Å². The number of hydrogen-bond donors (Lipinski definition) is 8. The molecule has 24 nitrogen and oxygen atoms in total. The minimum atomic E-state index is 0. The highest BCUT2D eigenvalue weighted by atomic mass is 35.5. The summed E-state index contributed by atoms with van der Waals surface area (Å²) in [7, 11) is 0. The average Bonchev–Trinajstić information content (AvgIpc) is 1.58. The zero-order chi connectivity index (χ0) is 73.3. The van der Waals surface area contributed by atoms with E-state index in [0.717, 1.165) is 116 Å². The number of pyridine rings is 4. The molecule has 4 aromatic rings. The molecule has 11 saturated heterocycles. The fourth-order valence-electron chi connectivity index (χ4n) is 17.8. The number of nitrogens with zero attached hydrogens (tertiary/aromatic N) is 16. The number of quaternary nitrogens is 2. The van der Waals surface area contributed by atoms with Crippen molar-refractivity contribution in [1.29, 1.82) is 0 Å². The molecule has 0 saturated carbocycles. The molecule has 0 aromatic carbocycles. The molecule has 11 aliphatic heterocycles. The minimum Gasteiger partial charge on any atom is -1.00 e. The van der Waals surface area contributed by atoms with Crippen molar-refractivity contribution in [3.8, 4) is 0 Å². The summed E-state index contributed by atoms with van der Waals surface area (Å²) < 4.78 is 2.52. The normalized spacial score (nSPS) is 25.8. The lowest BCUT2D eigenvalue weighted by Crippen LogP contribution is -3.00. The average molecular weight is 1550 g/mol. The van der Waals surface area contributed by atoms with Gasteiger partial charge in [0, 0.05) is 214 Å². The fourth-order valence-corrected chi connectivity index (χ4v) is 17.9. The molecule has 0 aliphatic carbocycles. The Morgan fingerprint density at radius 3 is 1.12 bits per heavy atom. The van der Waals surface area contributed by atoms with E-state index in [1.54, 1.807) is 6.20 Å². The summed E-state index contributed by atoms with van der Waals surface area (Å²) in [6, 6.07) is 24.5. The van der Waals surface area contributed by atoms with Crippen molar-refractivity contribution in [1.82, 2.24) is 101 Å². The molecule has 10 N–H and O–H groups in total. The van der Waals surface area contributed by atoms with Gasteiger partial charge in [0.05, 0.1) is 86.8 Å². The smallest absolute Gasteiger partial charge is 0.175 e. The second-order valence-electron chi connectivity index (χ2n) is 30.6. The lowest BCUT2D eigenvalue weighted by Gasteiger charge is -2.53. The summed E-state index contributed by atoms with van der Waals surface area (Å²) >= 11 is 5.46. The minimum absolute atomic E-state index is 0. The first-order valence-electron chi connectivity index (χ1n) is 41.7. The highest BCUT2D eigenvalue weighted by Crippen LogP contribution is 2.40. The Bertz CT molecular complexity index is 2690. The van der Waals surface area contributed by atoms with Gasteiger partial charge in [-0.15, -0.1) is 11.6 Å². The summed E-state index contributed by atoms with van der Waals surface area (Å²) in [6.07, 6.45) is 23.5. The molecular weight excluding hydrogens is 1400 g/mol. The number of hydrazine groups is 1. The molecule has 15 rings (SSSR count). The Kier molecular flexibility index (Phi) is 44.9. The third kappa shape index (κ3) is 30.2. The fraction of sp³-hybridized carbons (Fsp3) is 0.750. The molecular formula is C80H145Cl3N24. The van der Waals surface area contributed by atoms with Gasteiger partial charge in [0.2, 0.25) is 0 Å². The van der Waals surface area contributed by atoms with E-state index in [-0.39, 0.29) is 24.8 Å². The van der Waals surface area contributed by atoms with Crippen LogP contribution in [-0.4, -0.2) is 358 Å². The van der Waals surface area contributed by atoms with Gasteiger partial charge in [-0.1, -0.05) is 43.5 Å². The zero-order valence-electron chi connectivity index (χ0n) is 66.5. The van der Waals surface area contributed by atoms with Crippen molar-refractivity contribution < 1.29 is 33.8 Å². The summed E-state index contributed by atoms with van der Waals surface area (Å²) in [5.74, 6) is 8.50. The molecule has 0 amide bonds. The first-order chi connectivity index (χ1) is 51.9. The van der Waals surface area contributed by atoms with Crippen molar-refractivity contribution in [3.05, 3.63) is 120 Å². The van der Waals surface area contributed by atoms with Crippen LogP contribution in [-0.2, 0) is 25.5 Å². The molecule has 0 bridgehead atoms. The molecule has 0 spiro atoms. The van der Waals surface area contributed by atoms with Crippen LogP contribution in [0, 0.1) is 0 Å². The van der Waals surface area contributed by atoms with E-state index >= 15 is 0 Å². The first kappa shape index (κ1) is 90.9. The summed E-state index contributed by atoms with van der Waals surface area (Å²) in [6.45, 7) is 57.5. The van der Waals surface area contributed by atoms with Crippen LogP contribution in [0.5, 0.6) is 0 Å². The lowest BCUT2D eigenvalue weighted by molar-refractivity contribution is -0.966. The third-order valence-corrected chi connectivity index (χ3v) is 24.3. The Hall–Kier alpha value is -3.33. The van der Waals surface area contributed by atoms with Gasteiger partial charge in [0.25, 0.3) is 0 Å². The largest absolute Gasteiger partial charge is 1.00 e. The van der Waals surface area contributed by atoms with Crippen molar-refractivity contribution in [2.45, 2.75) is 135 Å². The highest BCUT2D eigenvalue weighted by molar-refractivity contribution is 6.16. The predicted molar refractivity (Wildman–Crippen MR) is 432 cm³/mol. The SMILES string of the molecule is C1CCNCCNCCNCC1.C1CN2CCN3CCN4CCN1C2C43.CC[N+](CC)(CC)CCCN1CCCCCN(Cc2ccccn2)CCNCC1.ClCc1ccccn1.NN.[Cl-].[Cl-].c1ccc(CN2CCCCCNCCNCC2)nc1.c1ccc(C[N+]23CCN4CCN5CCN(CC2)C3C54)nc1. The van der Waals surface area contributed by atoms with Gasteiger partial charge in [-0.2, -0.15) is 0 Å². The van der Waals surface area contributed by atoms with Gasteiger partial charge in [0.15, 0.2) is 6.17 Å². The summed E-state index contributed by atoms with van der Waals surface area (Å²) in [5, 5.41) is 20.9. The van der Waals surface area contributed by atoms with Crippen LogP contribution in [0.2, 0.25) is 0 Å². The van der Waals surface area contributed by atoms with E-state index < -0.39 is 0 Å². The van der Waals surface area contributed by atoms with Crippen LogP contribution in [0.3, 0.4) is 0 Å². The second kappa shape index (κ2) is 52.9. The van der Waals surface area contributed by atoms with E-state index in [4.69, 9.17) is 11.6 Å². The zero-order valence-corrected chi connectivity index (χ0v) is 68.7. The molecule has 3 unspecified atom stereocenters. The predicted octanol–water partition coefficient (Wildman–Crippen LogP) is -2.03. The molecule has 11 fully saturated rings. The van der Waals surface area contributed by atoms with Crippen LogP contribution in [0.25, 0.3) is 0 Å². The van der Waals surface area contributed by atoms with E-state index in [1.807, 2.05) is 55.0 Å². The van der Waals surface area contributed by atoms with Gasteiger partial charge >= 0.3 is 0 Å². The standard InChI is InChI=1S/C24H46N5.C16H24N5.C15H26N4.C10H18N4.C9H21N3.C6H6ClN.2ClH.H4N2/c1-4-29(5-2,6-3)22-12-19-27-17-10-7-11-18-28(21-16-25-15-20-27)23-24-13-8-9-14-26-24;1-2-4-17-14(3-1)13-21-11-9-19-6-5-18-7-8-20(10-12-21)16(21)15(18)19;1-3-7-16-9-10-17-11-13-19(12-5-1)14-15-6-2-4-8-18-15;1-2-12-7-8-14-4-3-13-6-5-11(1)9(12)10(13)14;1-2-4-10-6-8-12-9-7-11-5-3-1;7-5-6-3-1-2-4-8-6;;;1-2/h8-9,13-14,25H,4-7,10-12,15-23H2,1-3H3;1-4,15-16H,5-13H2;2,4,6,8,16-17H,1,3,5,7,9-14H2;9-10H,1-8H2;10-12H,1-9H2;1-4H,5H2;2*1H;1-2H2/q2*+1;;;;;;;/p-2. The molecule has 27 heteroatoms. The summed E-state index contributed by atoms with van der Waals surface area (Å²) in [4.78, 5) is 44.3. The number of rotatable bonds is 14. The van der Waals surface area contributed by atoms with E-state index in [9.17, 15) is 0 Å². The first-order valence-corrected chi connectivity index (χ1v) is 42.2. The van der Waals surface area contributed by atoms with Gasteiger partial charge in [0.1, 0.15) is 12.7 Å². The number of aromatic nitrogens is 4. The Balaban J connectivity index is 0.000000184. The van der Waals surface area contributed by atoms with Gasteiger partial charge in [-0.3, -0.25) is 75.3 Å². The van der Waals surface area contributed by atoms with Crippen LogP contribution >= 0.6 is 11.6 Å². The number of piperazine rings is 4. The molecule has 4 aromatic heterocycles. The number of alkyl halides is 1. The number of nitrogens with two attached hydrogens (primary N) is 2. The maximum absolute atomic E-state index is 5.46. The molecule has 11 aliphatic rings. The Labute approximate surface area is 664 Å². The maximum Gasteiger partial charge on any atom is 0.175 e. The van der Waals surface area contributed by atoms with Crippen molar-refractivity contribution in [3.63, 3.8) is 0 Å². The quantitative estimate of drug-likeness (QED) is 0.0297. The third-order valence-electron chi connectivity index (χ3n) is 24.1. The summed E-state index contributed by atoms with van der Waals surface area (Å²) in [5.41, 5.74) is 4.56. The molecule has 0 radical (unpaired) electrons. The number of hydrogen-bond acceptors (Lipinski definition) is 22. The van der Waals surface area contributed by atoms with Crippen LogP contribution in [0.15, 0.2) is 97.6 Å². The maximum atomic E-state index is 5.46. The van der Waals surface area contributed by atoms with Crippen LogP contribution in [0.4, 0.5) is 0 Å². The van der Waals surface area contributed by atoms with Gasteiger partial charge in [-0.25, -0.2) is 4.90 Å². The monoisotopic (exact) mass is 1550 g/mol. The highest BCUT2D eigenvalue weighted by Gasteiger charge is 2.60. The molecule has 15 heterocycles. The topological polar surface area (TPSA) is 208 Å². The van der Waals surface area contributed by atoms with Gasteiger partial charge in [-0.05, 0) is 147 Å². The van der Waals surface area contributed by atoms with Gasteiger partial charge < -0.3 is 66.1 Å². The van der Waals surface area contributed by atoms with E-state index in [2.05, 4.69) is 170 Å². The molecule has 606 valence electrons. The second-order valence-corrected chi connectivity index (χ2v) is 30.9. The van der Waals surface area contributed by atoms with Crippen LogP contribution < -0.4 is 68.4 Å². The number of halogens is 3. The van der Waals surface area contributed by atoms with Crippen molar-refractivity contribution in [2.24, 2.45) is 11.7 Å². The Morgan fingerprint density at radius 2 is 0.710 bits per heavy atom. The van der Waals surface area contributed by atoms with E-state index in [1.165, 1.54) is 267 Å². The van der Waals surface area contributed by atoms with E-state index in [0.29, 0.717) is 18.2 Å². The van der Waals surface area contributed by atoms with Crippen molar-refractivity contribution >= 4 is 11.6 Å². The molecule has 3 atom stereocenters.